The normalized spacial score (nSPS) is 19.9. The highest BCUT2D eigenvalue weighted by Crippen LogP contribution is 2.25. The van der Waals surface area contributed by atoms with Crippen LogP contribution in [0.5, 0.6) is 0 Å². The third-order valence-corrected chi connectivity index (χ3v) is 3.86. The molecule has 0 saturated carbocycles. The van der Waals surface area contributed by atoms with Gasteiger partial charge in [0.05, 0.1) is 19.8 Å². The fraction of sp³-hybridized carbons (Fsp3) is 0.917. The van der Waals surface area contributed by atoms with E-state index in [0.29, 0.717) is 18.2 Å². The van der Waals surface area contributed by atoms with Crippen LogP contribution in [0.1, 0.15) is 12.8 Å². The highest BCUT2D eigenvalue weighted by molar-refractivity contribution is 7.80. The first-order chi connectivity index (χ1) is 8.64. The second-order valence-corrected chi connectivity index (χ2v) is 4.95. The molecule has 6 heteroatoms. The maximum atomic E-state index is 5.76. The average molecular weight is 276 g/mol. The molecule has 0 aromatic heterocycles. The fourth-order valence-electron chi connectivity index (χ4n) is 2.13. The number of thiocarbonyl (C=S) groups is 1. The maximum absolute atomic E-state index is 5.76. The molecule has 0 radical (unpaired) electrons. The van der Waals surface area contributed by atoms with Gasteiger partial charge in [-0.15, -0.1) is 0 Å². The minimum Gasteiger partial charge on any atom is -0.391 e. The third-order valence-electron chi connectivity index (χ3n) is 3.49. The summed E-state index contributed by atoms with van der Waals surface area (Å²) in [7, 11) is 3.36. The van der Waals surface area contributed by atoms with E-state index in [1.807, 2.05) is 0 Å². The highest BCUT2D eigenvalue weighted by atomic mass is 32.1. The predicted octanol–water partition coefficient (Wildman–Crippen LogP) is 0.417. The molecule has 106 valence electrons. The Morgan fingerprint density at radius 1 is 1.22 bits per heavy atom. The number of nitrogens with two attached hydrogens (primary N) is 1. The van der Waals surface area contributed by atoms with Gasteiger partial charge in [0, 0.05) is 33.9 Å². The van der Waals surface area contributed by atoms with Gasteiger partial charge in [-0.1, -0.05) is 12.2 Å². The Labute approximate surface area is 115 Å². The van der Waals surface area contributed by atoms with Gasteiger partial charge in [0.1, 0.15) is 10.6 Å². The molecule has 0 unspecified atom stereocenters. The molecule has 1 aliphatic heterocycles. The van der Waals surface area contributed by atoms with Crippen LogP contribution in [-0.4, -0.2) is 69.2 Å². The summed E-state index contributed by atoms with van der Waals surface area (Å²) in [6.07, 6.45) is 1.72. The topological polar surface area (TPSA) is 57.0 Å². The Kier molecular flexibility index (Phi) is 7.03. The number of hydrogen-bond acceptors (Lipinski definition) is 5. The monoisotopic (exact) mass is 276 g/mol. The van der Waals surface area contributed by atoms with Gasteiger partial charge in [0.25, 0.3) is 0 Å². The molecule has 1 saturated heterocycles. The molecule has 0 spiro atoms. The van der Waals surface area contributed by atoms with Gasteiger partial charge in [0.15, 0.2) is 0 Å². The number of piperidine rings is 1. The molecule has 1 aliphatic rings. The van der Waals surface area contributed by atoms with E-state index in [-0.39, 0.29) is 0 Å². The van der Waals surface area contributed by atoms with Gasteiger partial charge in [-0.2, -0.15) is 0 Å². The smallest absolute Gasteiger partial charge is 0.120 e. The van der Waals surface area contributed by atoms with Crippen LogP contribution in [0.15, 0.2) is 0 Å². The van der Waals surface area contributed by atoms with Crippen LogP contribution in [0.25, 0.3) is 0 Å². The number of hydrogen-bond donors (Lipinski definition) is 1. The lowest BCUT2D eigenvalue weighted by Gasteiger charge is -2.40. The van der Waals surface area contributed by atoms with Crippen molar-refractivity contribution in [2.75, 3.05) is 53.7 Å². The fourth-order valence-corrected chi connectivity index (χ4v) is 2.41. The van der Waals surface area contributed by atoms with Gasteiger partial charge in [-0.3, -0.25) is 0 Å². The third kappa shape index (κ3) is 4.44. The molecule has 18 heavy (non-hydrogen) atoms. The molecule has 0 bridgehead atoms. The summed E-state index contributed by atoms with van der Waals surface area (Å²) in [6.45, 7) is 4.85. The van der Waals surface area contributed by atoms with Gasteiger partial charge in [-0.05, 0) is 12.8 Å². The molecule has 0 atom stereocenters. The van der Waals surface area contributed by atoms with Crippen molar-refractivity contribution in [3.63, 3.8) is 0 Å². The lowest BCUT2D eigenvalue weighted by atomic mass is 9.91. The minimum absolute atomic E-state index is 0.400. The van der Waals surface area contributed by atoms with Crippen LogP contribution >= 0.6 is 12.2 Å². The number of likely N-dealkylation sites (tertiary alicyclic amines) is 1. The summed E-state index contributed by atoms with van der Waals surface area (Å²) in [6, 6.07) is 0. The van der Waals surface area contributed by atoms with Crippen molar-refractivity contribution < 1.29 is 14.2 Å². The summed E-state index contributed by atoms with van der Waals surface area (Å²) in [5.41, 5.74) is 5.36. The van der Waals surface area contributed by atoms with Crippen molar-refractivity contribution in [3.8, 4) is 0 Å². The standard InChI is InChI=1S/C12H24N2O3S/c1-15-9-10-17-8-7-14-5-3-12(16-2,4-6-14)11(13)18/h3-10H2,1-2H3,(H2,13,18). The van der Waals surface area contributed by atoms with Crippen molar-refractivity contribution in [1.29, 1.82) is 0 Å². The zero-order chi connectivity index (χ0) is 13.4. The largest absolute Gasteiger partial charge is 0.391 e. The molecular formula is C12H24N2O3S. The summed E-state index contributed by atoms with van der Waals surface area (Å²) in [4.78, 5) is 2.82. The van der Waals surface area contributed by atoms with E-state index in [0.717, 1.165) is 39.1 Å². The van der Waals surface area contributed by atoms with Gasteiger partial charge >= 0.3 is 0 Å². The van der Waals surface area contributed by atoms with Crippen LogP contribution < -0.4 is 5.73 Å². The van der Waals surface area contributed by atoms with E-state index in [4.69, 9.17) is 32.2 Å². The van der Waals surface area contributed by atoms with E-state index < -0.39 is 5.60 Å². The zero-order valence-corrected chi connectivity index (χ0v) is 12.1. The van der Waals surface area contributed by atoms with E-state index in [1.54, 1.807) is 14.2 Å². The summed E-state index contributed by atoms with van der Waals surface area (Å²) in [5.74, 6) is 0. The minimum atomic E-state index is -0.400. The van der Waals surface area contributed by atoms with Crippen molar-refractivity contribution >= 4 is 17.2 Å². The van der Waals surface area contributed by atoms with Crippen LogP contribution in [0.4, 0.5) is 0 Å². The summed E-state index contributed by atoms with van der Waals surface area (Å²) < 4.78 is 15.9. The van der Waals surface area contributed by atoms with E-state index in [9.17, 15) is 0 Å². The summed E-state index contributed by atoms with van der Waals surface area (Å²) in [5, 5.41) is 0. The van der Waals surface area contributed by atoms with Crippen LogP contribution in [-0.2, 0) is 14.2 Å². The number of methoxy groups -OCH3 is 2. The van der Waals surface area contributed by atoms with Crippen LogP contribution in [0.2, 0.25) is 0 Å². The SMILES string of the molecule is COCCOCCN1CCC(OC)(C(N)=S)CC1. The second-order valence-electron chi connectivity index (χ2n) is 4.51. The van der Waals surface area contributed by atoms with Crippen LogP contribution in [0, 0.1) is 0 Å². The van der Waals surface area contributed by atoms with Crippen LogP contribution in [0.3, 0.4) is 0 Å². The Bertz CT molecular complexity index is 256. The van der Waals surface area contributed by atoms with E-state index in [2.05, 4.69) is 4.90 Å². The number of ether oxygens (including phenoxy) is 3. The van der Waals surface area contributed by atoms with Gasteiger partial charge < -0.3 is 24.8 Å². The second kappa shape index (κ2) is 8.01. The quantitative estimate of drug-likeness (QED) is 0.512. The molecule has 5 nitrogen and oxygen atoms in total. The number of nitrogens with zero attached hydrogens (tertiary/aromatic N) is 1. The van der Waals surface area contributed by atoms with E-state index in [1.165, 1.54) is 0 Å². The van der Waals surface area contributed by atoms with Gasteiger partial charge in [0.2, 0.25) is 0 Å². The molecule has 0 aromatic rings. The van der Waals surface area contributed by atoms with Gasteiger partial charge in [-0.25, -0.2) is 0 Å². The van der Waals surface area contributed by atoms with Crippen molar-refractivity contribution in [3.05, 3.63) is 0 Å². The molecule has 1 rings (SSSR count). The van der Waals surface area contributed by atoms with Crippen molar-refractivity contribution in [1.82, 2.24) is 4.90 Å². The predicted molar refractivity (Wildman–Crippen MR) is 74.9 cm³/mol. The van der Waals surface area contributed by atoms with Crippen molar-refractivity contribution in [2.45, 2.75) is 18.4 Å². The van der Waals surface area contributed by atoms with Crippen molar-refractivity contribution in [2.24, 2.45) is 5.73 Å². The highest BCUT2D eigenvalue weighted by Gasteiger charge is 2.37. The molecule has 0 aliphatic carbocycles. The maximum Gasteiger partial charge on any atom is 0.120 e. The Balaban J connectivity index is 2.20. The Morgan fingerprint density at radius 3 is 2.39 bits per heavy atom. The number of rotatable bonds is 8. The first kappa shape index (κ1) is 15.8. The average Bonchev–Trinajstić information content (AvgIpc) is 2.39. The Morgan fingerprint density at radius 2 is 1.89 bits per heavy atom. The molecule has 0 amide bonds. The lowest BCUT2D eigenvalue weighted by Crippen LogP contribution is -2.53. The molecule has 0 aromatic carbocycles. The first-order valence-electron chi connectivity index (χ1n) is 6.29. The first-order valence-corrected chi connectivity index (χ1v) is 6.69. The zero-order valence-electron chi connectivity index (χ0n) is 11.3. The molecule has 2 N–H and O–H groups in total. The summed E-state index contributed by atoms with van der Waals surface area (Å²) >= 11 is 5.10. The molecule has 1 heterocycles. The molecular weight excluding hydrogens is 252 g/mol. The van der Waals surface area contributed by atoms with E-state index >= 15 is 0 Å². The molecule has 1 fully saturated rings. The Hall–Kier alpha value is -0.270. The lowest BCUT2D eigenvalue weighted by molar-refractivity contribution is -0.0120.